The number of nitrogens with one attached hydrogen (secondary N) is 1. The Bertz CT molecular complexity index is 579. The van der Waals surface area contributed by atoms with E-state index in [4.69, 9.17) is 4.98 Å². The second-order valence-corrected chi connectivity index (χ2v) is 5.57. The van der Waals surface area contributed by atoms with Gasteiger partial charge in [0, 0.05) is 31.4 Å². The van der Waals surface area contributed by atoms with Crippen LogP contribution in [0.25, 0.3) is 0 Å². The van der Waals surface area contributed by atoms with E-state index in [1.54, 1.807) is 0 Å². The van der Waals surface area contributed by atoms with E-state index in [0.717, 1.165) is 31.0 Å². The second-order valence-electron chi connectivity index (χ2n) is 5.57. The van der Waals surface area contributed by atoms with Crippen LogP contribution in [-0.2, 0) is 13.0 Å². The van der Waals surface area contributed by atoms with Crippen molar-refractivity contribution >= 4 is 5.82 Å². The van der Waals surface area contributed by atoms with Gasteiger partial charge in [0.05, 0.1) is 0 Å². The van der Waals surface area contributed by atoms with Crippen molar-refractivity contribution in [3.8, 4) is 0 Å². The van der Waals surface area contributed by atoms with E-state index in [-0.39, 0.29) is 0 Å². The third-order valence-corrected chi connectivity index (χ3v) is 3.75. The third kappa shape index (κ3) is 4.05. The van der Waals surface area contributed by atoms with Gasteiger partial charge in [-0.1, -0.05) is 30.3 Å². The summed E-state index contributed by atoms with van der Waals surface area (Å²) in [6, 6.07) is 12.8. The Morgan fingerprint density at radius 1 is 1.14 bits per heavy atom. The van der Waals surface area contributed by atoms with Gasteiger partial charge in [0.15, 0.2) is 0 Å². The zero-order valence-corrected chi connectivity index (χ0v) is 13.5. The van der Waals surface area contributed by atoms with E-state index >= 15 is 0 Å². The minimum absolute atomic E-state index is 0.851. The molecule has 0 bridgehead atoms. The molecule has 0 aliphatic carbocycles. The molecule has 21 heavy (non-hydrogen) atoms. The lowest BCUT2D eigenvalue weighted by molar-refractivity contribution is 0.782. The van der Waals surface area contributed by atoms with Crippen LogP contribution in [0.3, 0.4) is 0 Å². The molecule has 0 unspecified atom stereocenters. The van der Waals surface area contributed by atoms with E-state index < -0.39 is 0 Å². The molecule has 1 N–H and O–H groups in total. The Labute approximate surface area is 128 Å². The summed E-state index contributed by atoms with van der Waals surface area (Å²) in [6.45, 7) is 6.04. The summed E-state index contributed by atoms with van der Waals surface area (Å²) in [6.07, 6.45) is 1.03. The van der Waals surface area contributed by atoms with E-state index in [1.807, 2.05) is 7.05 Å². The van der Waals surface area contributed by atoms with Gasteiger partial charge in [0.25, 0.3) is 0 Å². The highest BCUT2D eigenvalue weighted by Gasteiger charge is 2.12. The quantitative estimate of drug-likeness (QED) is 0.883. The Morgan fingerprint density at radius 2 is 1.86 bits per heavy atom. The minimum atomic E-state index is 0.851. The van der Waals surface area contributed by atoms with Crippen LogP contribution in [0.2, 0.25) is 0 Å². The first kappa shape index (κ1) is 15.5. The zero-order valence-electron chi connectivity index (χ0n) is 13.5. The average molecular weight is 283 g/mol. The molecule has 0 saturated heterocycles. The van der Waals surface area contributed by atoms with Crippen LogP contribution in [0.15, 0.2) is 36.4 Å². The lowest BCUT2D eigenvalue weighted by Gasteiger charge is -2.23. The molecule has 2 rings (SSSR count). The molecule has 3 heteroatoms. The topological polar surface area (TPSA) is 28.2 Å². The Hall–Kier alpha value is -1.87. The molecule has 1 heterocycles. The molecule has 3 nitrogen and oxygen atoms in total. The van der Waals surface area contributed by atoms with E-state index in [2.05, 4.69) is 67.5 Å². The summed E-state index contributed by atoms with van der Waals surface area (Å²) < 4.78 is 0. The Kier molecular flexibility index (Phi) is 5.34. The van der Waals surface area contributed by atoms with E-state index in [0.29, 0.717) is 0 Å². The number of hydrogen-bond donors (Lipinski definition) is 1. The normalized spacial score (nSPS) is 10.7. The van der Waals surface area contributed by atoms with Crippen molar-refractivity contribution in [2.24, 2.45) is 0 Å². The van der Waals surface area contributed by atoms with Crippen LogP contribution in [0.1, 0.15) is 22.4 Å². The van der Waals surface area contributed by atoms with Crippen molar-refractivity contribution in [3.05, 3.63) is 58.8 Å². The summed E-state index contributed by atoms with van der Waals surface area (Å²) in [5.41, 5.74) is 5.04. The van der Waals surface area contributed by atoms with Gasteiger partial charge in [0.2, 0.25) is 0 Å². The molecule has 0 fully saturated rings. The highest BCUT2D eigenvalue weighted by atomic mass is 15.2. The molecular formula is C18H25N3. The molecule has 2 aromatic rings. The van der Waals surface area contributed by atoms with Crippen molar-refractivity contribution in [1.82, 2.24) is 10.3 Å². The molecule has 1 aromatic carbocycles. The SMILES string of the molecule is CNCc1c(C)cc(C)nc1N(C)CCc1ccccc1. The lowest BCUT2D eigenvalue weighted by Crippen LogP contribution is -2.25. The summed E-state index contributed by atoms with van der Waals surface area (Å²) in [5, 5.41) is 3.25. The van der Waals surface area contributed by atoms with Crippen LogP contribution in [0.5, 0.6) is 0 Å². The summed E-state index contributed by atoms with van der Waals surface area (Å²) in [5.74, 6) is 1.10. The van der Waals surface area contributed by atoms with Gasteiger partial charge in [-0.15, -0.1) is 0 Å². The van der Waals surface area contributed by atoms with Crippen molar-refractivity contribution in [1.29, 1.82) is 0 Å². The smallest absolute Gasteiger partial charge is 0.133 e. The number of aryl methyl sites for hydroxylation is 2. The predicted molar refractivity (Wildman–Crippen MR) is 89.9 cm³/mol. The van der Waals surface area contributed by atoms with Crippen molar-refractivity contribution < 1.29 is 0 Å². The molecular weight excluding hydrogens is 258 g/mol. The third-order valence-electron chi connectivity index (χ3n) is 3.75. The number of hydrogen-bond acceptors (Lipinski definition) is 3. The van der Waals surface area contributed by atoms with Crippen molar-refractivity contribution in [3.63, 3.8) is 0 Å². The molecule has 1 aromatic heterocycles. The van der Waals surface area contributed by atoms with Crippen LogP contribution >= 0.6 is 0 Å². The first-order valence-corrected chi connectivity index (χ1v) is 7.48. The van der Waals surface area contributed by atoms with E-state index in [9.17, 15) is 0 Å². The fraction of sp³-hybridized carbons (Fsp3) is 0.389. The predicted octanol–water partition coefficient (Wildman–Crippen LogP) is 3.10. The van der Waals surface area contributed by atoms with E-state index in [1.165, 1.54) is 16.7 Å². The van der Waals surface area contributed by atoms with Gasteiger partial charge < -0.3 is 10.2 Å². The number of aromatic nitrogens is 1. The molecule has 0 radical (unpaired) electrons. The standard InChI is InChI=1S/C18H25N3/c1-14-12-15(2)20-18(17(14)13-19-3)21(4)11-10-16-8-6-5-7-9-16/h5-9,12,19H,10-11,13H2,1-4H3. The van der Waals surface area contributed by atoms with Crippen molar-refractivity contribution in [2.75, 3.05) is 25.5 Å². The van der Waals surface area contributed by atoms with Crippen LogP contribution in [0.4, 0.5) is 5.82 Å². The highest BCUT2D eigenvalue weighted by molar-refractivity contribution is 5.51. The largest absolute Gasteiger partial charge is 0.359 e. The molecule has 112 valence electrons. The van der Waals surface area contributed by atoms with Crippen LogP contribution in [-0.4, -0.2) is 25.6 Å². The Morgan fingerprint density at radius 3 is 2.52 bits per heavy atom. The highest BCUT2D eigenvalue weighted by Crippen LogP contribution is 2.22. The monoisotopic (exact) mass is 283 g/mol. The van der Waals surface area contributed by atoms with Gasteiger partial charge in [-0.3, -0.25) is 0 Å². The molecule has 0 spiro atoms. The number of benzene rings is 1. The van der Waals surface area contributed by atoms with Crippen LogP contribution < -0.4 is 10.2 Å². The Balaban J connectivity index is 2.16. The number of rotatable bonds is 6. The molecule has 0 aliphatic heterocycles. The molecule has 0 atom stereocenters. The zero-order chi connectivity index (χ0) is 15.2. The minimum Gasteiger partial charge on any atom is -0.359 e. The first-order chi connectivity index (χ1) is 10.1. The van der Waals surface area contributed by atoms with Gasteiger partial charge in [-0.2, -0.15) is 0 Å². The molecule has 0 saturated carbocycles. The molecule has 0 aliphatic rings. The number of nitrogens with zero attached hydrogens (tertiary/aromatic N) is 2. The van der Waals surface area contributed by atoms with Crippen LogP contribution in [0, 0.1) is 13.8 Å². The fourth-order valence-corrected chi connectivity index (χ4v) is 2.60. The van der Waals surface area contributed by atoms with Gasteiger partial charge in [0.1, 0.15) is 5.82 Å². The maximum absolute atomic E-state index is 4.75. The first-order valence-electron chi connectivity index (χ1n) is 7.48. The summed E-state index contributed by atoms with van der Waals surface area (Å²) >= 11 is 0. The maximum Gasteiger partial charge on any atom is 0.133 e. The summed E-state index contributed by atoms with van der Waals surface area (Å²) in [4.78, 5) is 7.01. The van der Waals surface area contributed by atoms with Gasteiger partial charge >= 0.3 is 0 Å². The number of anilines is 1. The number of pyridine rings is 1. The van der Waals surface area contributed by atoms with Gasteiger partial charge in [-0.25, -0.2) is 4.98 Å². The lowest BCUT2D eigenvalue weighted by atomic mass is 10.1. The summed E-state index contributed by atoms with van der Waals surface area (Å²) in [7, 11) is 4.11. The average Bonchev–Trinajstić information content (AvgIpc) is 2.48. The fourth-order valence-electron chi connectivity index (χ4n) is 2.60. The van der Waals surface area contributed by atoms with Crippen molar-refractivity contribution in [2.45, 2.75) is 26.8 Å². The number of likely N-dealkylation sites (N-methyl/N-ethyl adjacent to an activating group) is 1. The van der Waals surface area contributed by atoms with Gasteiger partial charge in [-0.05, 0) is 44.5 Å². The molecule has 0 amide bonds. The maximum atomic E-state index is 4.75. The second kappa shape index (κ2) is 7.23.